The lowest BCUT2D eigenvalue weighted by Gasteiger charge is -1.97. The second-order valence-electron chi connectivity index (χ2n) is 3.63. The zero-order chi connectivity index (χ0) is 13.8. The minimum absolute atomic E-state index is 0.0345. The second-order valence-corrected chi connectivity index (χ2v) is 4.96. The number of nitrogens with two attached hydrogens (primary N) is 1. The van der Waals surface area contributed by atoms with Crippen LogP contribution in [0, 0.1) is 11.3 Å². The van der Waals surface area contributed by atoms with Crippen LogP contribution in [0.2, 0.25) is 0 Å². The summed E-state index contributed by atoms with van der Waals surface area (Å²) >= 11 is 0. The number of carbonyl (C=O) groups excluding carboxylic acids is 1. The van der Waals surface area contributed by atoms with Gasteiger partial charge in [-0.1, -0.05) is 0 Å². The van der Waals surface area contributed by atoms with Gasteiger partial charge in [-0.25, -0.2) is 9.19 Å². The van der Waals surface area contributed by atoms with Crippen molar-refractivity contribution in [1.82, 2.24) is 10.3 Å². The molecule has 98 valence electrons. The minimum atomic E-state index is -1.70. The standard InChI is InChI=1S/C11H10N4O3S/c12-3-4-14-10(16)6-19(17)11-15-8-5-7(13)1-2-9(8)18-11/h1-2,5H,4,6,13H2,(H,14,16). The maximum absolute atomic E-state index is 11.9. The fourth-order valence-corrected chi connectivity index (χ4v) is 2.24. The molecule has 0 aliphatic heterocycles. The molecule has 0 fully saturated rings. The molecule has 2 rings (SSSR count). The van der Waals surface area contributed by atoms with Crippen LogP contribution in [0.5, 0.6) is 0 Å². The first kappa shape index (κ1) is 13.0. The lowest BCUT2D eigenvalue weighted by atomic mass is 10.3. The number of oxazole rings is 1. The van der Waals surface area contributed by atoms with Crippen molar-refractivity contribution in [2.45, 2.75) is 5.22 Å². The van der Waals surface area contributed by atoms with E-state index in [1.807, 2.05) is 0 Å². The molecule has 0 aliphatic rings. The van der Waals surface area contributed by atoms with Gasteiger partial charge >= 0.3 is 0 Å². The van der Waals surface area contributed by atoms with Gasteiger partial charge in [0.25, 0.3) is 5.22 Å². The molecule has 0 saturated heterocycles. The van der Waals surface area contributed by atoms with Crippen LogP contribution < -0.4 is 11.1 Å². The van der Waals surface area contributed by atoms with Crippen molar-refractivity contribution >= 4 is 33.5 Å². The molecule has 1 atom stereocenters. The largest absolute Gasteiger partial charge is 0.430 e. The van der Waals surface area contributed by atoms with Crippen LogP contribution in [0.3, 0.4) is 0 Å². The molecular formula is C11H10N4O3S. The highest BCUT2D eigenvalue weighted by Gasteiger charge is 2.16. The van der Waals surface area contributed by atoms with Crippen molar-refractivity contribution in [2.24, 2.45) is 0 Å². The van der Waals surface area contributed by atoms with Gasteiger partial charge in [-0.3, -0.25) is 4.79 Å². The summed E-state index contributed by atoms with van der Waals surface area (Å²) in [6.07, 6.45) is 0. The lowest BCUT2D eigenvalue weighted by Crippen LogP contribution is -2.28. The van der Waals surface area contributed by atoms with Crippen molar-refractivity contribution < 1.29 is 13.4 Å². The third-order valence-corrected chi connectivity index (χ3v) is 3.30. The van der Waals surface area contributed by atoms with Gasteiger partial charge in [0.1, 0.15) is 28.6 Å². The number of carbonyl (C=O) groups is 1. The Hall–Kier alpha value is -2.40. The number of nitrogens with zero attached hydrogens (tertiary/aromatic N) is 2. The fraction of sp³-hybridized carbons (Fsp3) is 0.182. The van der Waals surface area contributed by atoms with E-state index in [2.05, 4.69) is 10.3 Å². The highest BCUT2D eigenvalue weighted by molar-refractivity contribution is 7.85. The molecule has 2 aromatic rings. The quantitative estimate of drug-likeness (QED) is 0.606. The Morgan fingerprint density at radius 3 is 3.11 bits per heavy atom. The molecule has 0 spiro atoms. The SMILES string of the molecule is N#CCNC(=O)CS(=O)c1nc2cc(N)ccc2o1. The number of amides is 1. The molecule has 19 heavy (non-hydrogen) atoms. The van der Waals surface area contributed by atoms with Crippen molar-refractivity contribution in [1.29, 1.82) is 5.26 Å². The molecule has 1 amide bonds. The summed E-state index contributed by atoms with van der Waals surface area (Å²) in [7, 11) is -1.70. The Morgan fingerprint density at radius 1 is 1.58 bits per heavy atom. The van der Waals surface area contributed by atoms with Crippen molar-refractivity contribution in [2.75, 3.05) is 18.0 Å². The maximum atomic E-state index is 11.9. The third kappa shape index (κ3) is 3.08. The fourth-order valence-electron chi connectivity index (χ4n) is 1.39. The first-order chi connectivity index (χ1) is 9.10. The summed E-state index contributed by atoms with van der Waals surface area (Å²) in [6, 6.07) is 6.61. The molecule has 0 saturated carbocycles. The number of nitrogens with one attached hydrogen (secondary N) is 1. The average Bonchev–Trinajstić information content (AvgIpc) is 2.79. The summed E-state index contributed by atoms with van der Waals surface area (Å²) in [5, 5.41) is 10.6. The van der Waals surface area contributed by atoms with Gasteiger partial charge in [-0.2, -0.15) is 5.26 Å². The third-order valence-electron chi connectivity index (χ3n) is 2.21. The van der Waals surface area contributed by atoms with Crippen molar-refractivity contribution in [3.63, 3.8) is 0 Å². The Kier molecular flexibility index (Phi) is 3.77. The highest BCUT2D eigenvalue weighted by Crippen LogP contribution is 2.20. The van der Waals surface area contributed by atoms with Gasteiger partial charge in [-0.05, 0) is 18.2 Å². The number of hydrogen-bond donors (Lipinski definition) is 2. The molecule has 0 bridgehead atoms. The van der Waals surface area contributed by atoms with Crippen LogP contribution in [0.1, 0.15) is 0 Å². The molecule has 8 heteroatoms. The van der Waals surface area contributed by atoms with E-state index in [1.54, 1.807) is 24.3 Å². The lowest BCUT2D eigenvalue weighted by molar-refractivity contribution is -0.118. The van der Waals surface area contributed by atoms with E-state index in [4.69, 9.17) is 15.4 Å². The first-order valence-corrected chi connectivity index (χ1v) is 6.60. The van der Waals surface area contributed by atoms with E-state index in [1.165, 1.54) is 0 Å². The molecule has 1 aromatic heterocycles. The summed E-state index contributed by atoms with van der Waals surface area (Å²) in [6.45, 7) is -0.125. The number of hydrogen-bond acceptors (Lipinski definition) is 6. The van der Waals surface area contributed by atoms with Crippen LogP contribution in [-0.2, 0) is 15.6 Å². The zero-order valence-electron chi connectivity index (χ0n) is 9.75. The molecule has 3 N–H and O–H groups in total. The number of anilines is 1. The maximum Gasteiger partial charge on any atom is 0.288 e. The van der Waals surface area contributed by atoms with E-state index < -0.39 is 16.7 Å². The summed E-state index contributed by atoms with van der Waals surface area (Å²) in [5.41, 5.74) is 7.05. The minimum Gasteiger partial charge on any atom is -0.430 e. The summed E-state index contributed by atoms with van der Waals surface area (Å²) in [5.74, 6) is -0.800. The molecule has 1 aromatic carbocycles. The van der Waals surface area contributed by atoms with Crippen molar-refractivity contribution in [3.05, 3.63) is 18.2 Å². The van der Waals surface area contributed by atoms with Crippen LogP contribution >= 0.6 is 0 Å². The highest BCUT2D eigenvalue weighted by atomic mass is 32.2. The zero-order valence-corrected chi connectivity index (χ0v) is 10.6. The Bertz CT molecular complexity index is 689. The number of benzene rings is 1. The van der Waals surface area contributed by atoms with Crippen molar-refractivity contribution in [3.8, 4) is 6.07 Å². The smallest absolute Gasteiger partial charge is 0.288 e. The van der Waals surface area contributed by atoms with Crippen LogP contribution in [-0.4, -0.2) is 27.4 Å². The van der Waals surface area contributed by atoms with Gasteiger partial charge in [-0.15, -0.1) is 0 Å². The Balaban J connectivity index is 2.13. The predicted molar refractivity (Wildman–Crippen MR) is 68.3 cm³/mol. The van der Waals surface area contributed by atoms with Gasteiger partial charge in [0.2, 0.25) is 5.91 Å². The number of nitriles is 1. The second kappa shape index (κ2) is 5.49. The van der Waals surface area contributed by atoms with E-state index in [0.717, 1.165) is 0 Å². The summed E-state index contributed by atoms with van der Waals surface area (Å²) < 4.78 is 17.1. The van der Waals surface area contributed by atoms with Crippen LogP contribution in [0.25, 0.3) is 11.1 Å². The molecule has 0 aliphatic carbocycles. The van der Waals surface area contributed by atoms with E-state index >= 15 is 0 Å². The number of nitrogen functional groups attached to an aromatic ring is 1. The Morgan fingerprint density at radius 2 is 2.37 bits per heavy atom. The van der Waals surface area contributed by atoms with E-state index in [9.17, 15) is 9.00 Å². The first-order valence-electron chi connectivity index (χ1n) is 5.28. The normalized spacial score (nSPS) is 11.9. The number of fused-ring (bicyclic) bond motifs is 1. The Labute approximate surface area is 110 Å². The molecular weight excluding hydrogens is 268 g/mol. The van der Waals surface area contributed by atoms with Gasteiger partial charge < -0.3 is 15.5 Å². The van der Waals surface area contributed by atoms with Gasteiger partial charge in [0.15, 0.2) is 5.58 Å². The van der Waals surface area contributed by atoms with Crippen LogP contribution in [0.15, 0.2) is 27.8 Å². The predicted octanol–water partition coefficient (Wildman–Crippen LogP) is 0.157. The summed E-state index contributed by atoms with van der Waals surface area (Å²) in [4.78, 5) is 15.3. The van der Waals surface area contributed by atoms with E-state index in [-0.39, 0.29) is 17.5 Å². The average molecular weight is 278 g/mol. The van der Waals surface area contributed by atoms with E-state index in [0.29, 0.717) is 16.8 Å². The van der Waals surface area contributed by atoms with Gasteiger partial charge in [0.05, 0.1) is 6.07 Å². The number of rotatable bonds is 4. The monoisotopic (exact) mass is 278 g/mol. The molecule has 1 unspecified atom stereocenters. The molecule has 7 nitrogen and oxygen atoms in total. The van der Waals surface area contributed by atoms with Gasteiger partial charge in [0, 0.05) is 5.69 Å². The molecule has 1 heterocycles. The van der Waals surface area contributed by atoms with Crippen LogP contribution in [0.4, 0.5) is 5.69 Å². The topological polar surface area (TPSA) is 122 Å². The molecule has 0 radical (unpaired) electrons. The number of aromatic nitrogens is 1.